The molecule has 21 heavy (non-hydrogen) atoms. The number of anilines is 1. The van der Waals surface area contributed by atoms with Crippen LogP contribution in [0.15, 0.2) is 42.6 Å². The Morgan fingerprint density at radius 3 is 2.81 bits per heavy atom. The van der Waals surface area contributed by atoms with Crippen LogP contribution in [0.1, 0.15) is 35.2 Å². The van der Waals surface area contributed by atoms with Gasteiger partial charge in [0, 0.05) is 6.54 Å². The van der Waals surface area contributed by atoms with E-state index >= 15 is 0 Å². The summed E-state index contributed by atoms with van der Waals surface area (Å²) < 4.78 is 0. The summed E-state index contributed by atoms with van der Waals surface area (Å²) in [5.74, 6) is 0.155. The van der Waals surface area contributed by atoms with Gasteiger partial charge in [0.15, 0.2) is 0 Å². The quantitative estimate of drug-likeness (QED) is 0.833. The van der Waals surface area contributed by atoms with E-state index in [0.717, 1.165) is 6.42 Å². The zero-order chi connectivity index (χ0) is 15.2. The Morgan fingerprint density at radius 2 is 2.10 bits per heavy atom. The number of rotatable bonds is 5. The number of halogens is 1. The molecule has 1 aromatic heterocycles. The first-order chi connectivity index (χ1) is 10.1. The van der Waals surface area contributed by atoms with Crippen LogP contribution in [0.2, 0.25) is 5.15 Å². The molecule has 2 aromatic rings. The van der Waals surface area contributed by atoms with Crippen molar-refractivity contribution in [1.29, 1.82) is 0 Å². The molecule has 0 radical (unpaired) electrons. The van der Waals surface area contributed by atoms with Gasteiger partial charge < -0.3 is 11.1 Å². The number of amides is 1. The standard InChI is InChI=1S/C16H18ClN3O/c1-11(12-5-3-2-4-6-12)7-8-19-16(21)13-9-15(17)20-10-14(13)18/h2-6,9-11H,7-8,18H2,1H3,(H,19,21). The minimum Gasteiger partial charge on any atom is -0.397 e. The molecule has 0 aliphatic carbocycles. The molecule has 3 N–H and O–H groups in total. The first-order valence-corrected chi connectivity index (χ1v) is 7.20. The molecule has 1 heterocycles. The van der Waals surface area contributed by atoms with Crippen molar-refractivity contribution >= 4 is 23.2 Å². The zero-order valence-electron chi connectivity index (χ0n) is 11.8. The van der Waals surface area contributed by atoms with Crippen molar-refractivity contribution < 1.29 is 4.79 Å². The predicted octanol–water partition coefficient (Wildman–Crippen LogP) is 3.24. The van der Waals surface area contributed by atoms with Crippen molar-refractivity contribution in [3.63, 3.8) is 0 Å². The Kier molecular flexibility index (Phi) is 5.17. The first-order valence-electron chi connectivity index (χ1n) is 6.82. The maximum Gasteiger partial charge on any atom is 0.253 e. The van der Waals surface area contributed by atoms with Crippen molar-refractivity contribution in [1.82, 2.24) is 10.3 Å². The van der Waals surface area contributed by atoms with Crippen LogP contribution in [0.3, 0.4) is 0 Å². The number of aromatic nitrogens is 1. The molecule has 0 saturated carbocycles. The van der Waals surface area contributed by atoms with Gasteiger partial charge in [0.05, 0.1) is 17.4 Å². The highest BCUT2D eigenvalue weighted by Gasteiger charge is 2.11. The van der Waals surface area contributed by atoms with Gasteiger partial charge in [0.25, 0.3) is 5.91 Å². The van der Waals surface area contributed by atoms with E-state index in [1.807, 2.05) is 18.2 Å². The summed E-state index contributed by atoms with van der Waals surface area (Å²) in [5, 5.41) is 3.12. The second kappa shape index (κ2) is 7.09. The van der Waals surface area contributed by atoms with Gasteiger partial charge in [-0.25, -0.2) is 4.98 Å². The zero-order valence-corrected chi connectivity index (χ0v) is 12.6. The molecule has 0 bridgehead atoms. The third-order valence-corrected chi connectivity index (χ3v) is 3.58. The summed E-state index contributed by atoms with van der Waals surface area (Å²) in [6, 6.07) is 11.7. The topological polar surface area (TPSA) is 68.0 Å². The smallest absolute Gasteiger partial charge is 0.253 e. The molecule has 0 fully saturated rings. The Bertz CT molecular complexity index is 616. The lowest BCUT2D eigenvalue weighted by Gasteiger charge is -2.13. The monoisotopic (exact) mass is 303 g/mol. The number of carbonyl (C=O) groups is 1. The lowest BCUT2D eigenvalue weighted by atomic mass is 9.98. The number of nitrogens with zero attached hydrogens (tertiary/aromatic N) is 1. The van der Waals surface area contributed by atoms with Crippen molar-refractivity contribution in [2.24, 2.45) is 0 Å². The average molecular weight is 304 g/mol. The van der Waals surface area contributed by atoms with Gasteiger partial charge in [-0.1, -0.05) is 48.9 Å². The van der Waals surface area contributed by atoms with Crippen molar-refractivity contribution in [3.05, 3.63) is 58.9 Å². The second-order valence-electron chi connectivity index (χ2n) is 4.95. The molecule has 5 heteroatoms. The van der Waals surface area contributed by atoms with Gasteiger partial charge in [-0.2, -0.15) is 0 Å². The van der Waals surface area contributed by atoms with E-state index < -0.39 is 0 Å². The van der Waals surface area contributed by atoms with E-state index in [1.165, 1.54) is 17.8 Å². The number of nitrogen functional groups attached to an aromatic ring is 1. The molecule has 2 rings (SSSR count). The summed E-state index contributed by atoms with van der Waals surface area (Å²) >= 11 is 5.78. The van der Waals surface area contributed by atoms with E-state index in [2.05, 4.69) is 29.4 Å². The number of nitrogens with two attached hydrogens (primary N) is 1. The molecule has 0 saturated heterocycles. The van der Waals surface area contributed by atoms with E-state index in [-0.39, 0.29) is 11.1 Å². The van der Waals surface area contributed by atoms with Crippen LogP contribution >= 0.6 is 11.6 Å². The average Bonchev–Trinajstić information content (AvgIpc) is 2.50. The molecule has 0 spiro atoms. The summed E-state index contributed by atoms with van der Waals surface area (Å²) in [4.78, 5) is 15.9. The molecule has 1 unspecified atom stereocenters. The SMILES string of the molecule is CC(CCNC(=O)c1cc(Cl)ncc1N)c1ccccc1. The molecular weight excluding hydrogens is 286 g/mol. The highest BCUT2D eigenvalue weighted by Crippen LogP contribution is 2.18. The molecule has 1 atom stereocenters. The fourth-order valence-corrected chi connectivity index (χ4v) is 2.24. The summed E-state index contributed by atoms with van der Waals surface area (Å²) in [6.07, 6.45) is 2.25. The van der Waals surface area contributed by atoms with Crippen molar-refractivity contribution in [3.8, 4) is 0 Å². The Hall–Kier alpha value is -2.07. The van der Waals surface area contributed by atoms with Crippen LogP contribution in [0.4, 0.5) is 5.69 Å². The van der Waals surface area contributed by atoms with E-state index in [9.17, 15) is 4.79 Å². The lowest BCUT2D eigenvalue weighted by molar-refractivity contribution is 0.0953. The second-order valence-corrected chi connectivity index (χ2v) is 5.34. The normalized spacial score (nSPS) is 11.9. The number of carbonyl (C=O) groups excluding carboxylic acids is 1. The van der Waals surface area contributed by atoms with E-state index in [1.54, 1.807) is 0 Å². The fraction of sp³-hybridized carbons (Fsp3) is 0.250. The van der Waals surface area contributed by atoms with Crippen LogP contribution in [-0.4, -0.2) is 17.4 Å². The molecule has 4 nitrogen and oxygen atoms in total. The number of benzene rings is 1. The Morgan fingerprint density at radius 1 is 1.38 bits per heavy atom. The van der Waals surface area contributed by atoms with Crippen LogP contribution in [0.25, 0.3) is 0 Å². The Balaban J connectivity index is 1.88. The minimum atomic E-state index is -0.225. The lowest BCUT2D eigenvalue weighted by Crippen LogP contribution is -2.26. The maximum absolute atomic E-state index is 12.1. The van der Waals surface area contributed by atoms with Crippen LogP contribution in [-0.2, 0) is 0 Å². The van der Waals surface area contributed by atoms with Gasteiger partial charge in [0.2, 0.25) is 0 Å². The number of hydrogen-bond acceptors (Lipinski definition) is 3. The Labute approximate surface area is 129 Å². The van der Waals surface area contributed by atoms with Crippen LogP contribution in [0, 0.1) is 0 Å². The van der Waals surface area contributed by atoms with Gasteiger partial charge in [-0.3, -0.25) is 4.79 Å². The summed E-state index contributed by atoms with van der Waals surface area (Å²) in [6.45, 7) is 2.72. The largest absolute Gasteiger partial charge is 0.397 e. The van der Waals surface area contributed by atoms with Gasteiger partial charge in [0.1, 0.15) is 5.15 Å². The number of pyridine rings is 1. The highest BCUT2D eigenvalue weighted by molar-refractivity contribution is 6.29. The maximum atomic E-state index is 12.1. The van der Waals surface area contributed by atoms with Crippen molar-refractivity contribution in [2.75, 3.05) is 12.3 Å². The van der Waals surface area contributed by atoms with E-state index in [0.29, 0.717) is 23.7 Å². The molecule has 0 aliphatic rings. The van der Waals surface area contributed by atoms with Crippen LogP contribution in [0.5, 0.6) is 0 Å². The third kappa shape index (κ3) is 4.20. The van der Waals surface area contributed by atoms with Crippen LogP contribution < -0.4 is 11.1 Å². The first kappa shape index (κ1) is 15.3. The molecule has 1 aromatic carbocycles. The molecule has 1 amide bonds. The summed E-state index contributed by atoms with van der Waals surface area (Å²) in [7, 11) is 0. The van der Waals surface area contributed by atoms with Gasteiger partial charge in [-0.15, -0.1) is 0 Å². The molecule has 0 aliphatic heterocycles. The number of nitrogens with one attached hydrogen (secondary N) is 1. The molecule has 110 valence electrons. The van der Waals surface area contributed by atoms with Gasteiger partial charge in [-0.05, 0) is 24.0 Å². The summed E-state index contributed by atoms with van der Waals surface area (Å²) in [5.41, 5.74) is 7.68. The minimum absolute atomic E-state index is 0.225. The number of hydrogen-bond donors (Lipinski definition) is 2. The fourth-order valence-electron chi connectivity index (χ4n) is 2.08. The predicted molar refractivity (Wildman–Crippen MR) is 85.5 cm³/mol. The van der Waals surface area contributed by atoms with Gasteiger partial charge >= 0.3 is 0 Å². The third-order valence-electron chi connectivity index (χ3n) is 3.38. The van der Waals surface area contributed by atoms with E-state index in [4.69, 9.17) is 17.3 Å². The highest BCUT2D eigenvalue weighted by atomic mass is 35.5. The molecular formula is C16H18ClN3O. The van der Waals surface area contributed by atoms with Crippen molar-refractivity contribution in [2.45, 2.75) is 19.3 Å².